The summed E-state index contributed by atoms with van der Waals surface area (Å²) in [5.74, 6) is 2.27. The first kappa shape index (κ1) is 9.97. The molecule has 6 aliphatic rings. The molecule has 0 heteroatoms. The third-order valence-corrected chi connectivity index (χ3v) is 7.31. The van der Waals surface area contributed by atoms with Crippen molar-refractivity contribution in [1.82, 2.24) is 0 Å². The minimum atomic E-state index is 0.840. The average Bonchev–Trinajstić information content (AvgIpc) is 2.43. The fourth-order valence-electron chi connectivity index (χ4n) is 6.09. The van der Waals surface area contributed by atoms with E-state index in [9.17, 15) is 0 Å². The lowest BCUT2D eigenvalue weighted by Gasteiger charge is -2.62. The summed E-state index contributed by atoms with van der Waals surface area (Å²) < 4.78 is 0. The van der Waals surface area contributed by atoms with Crippen LogP contribution < -0.4 is 0 Å². The maximum atomic E-state index is 1.61. The molecule has 6 aliphatic carbocycles. The largest absolute Gasteiger partial charge is 0.0499 e. The van der Waals surface area contributed by atoms with Crippen LogP contribution in [0.15, 0.2) is 0 Å². The highest BCUT2D eigenvalue weighted by Gasteiger charge is 2.56. The molecule has 6 rings (SSSR count). The van der Waals surface area contributed by atoms with Gasteiger partial charge in [-0.1, -0.05) is 0 Å². The number of fused-ring (bicyclic) bond motifs is 6. The van der Waals surface area contributed by atoms with Gasteiger partial charge in [0.15, 0.2) is 0 Å². The van der Waals surface area contributed by atoms with Gasteiger partial charge in [-0.2, -0.15) is 0 Å². The van der Waals surface area contributed by atoms with Crippen molar-refractivity contribution in [2.45, 2.75) is 77.0 Å². The van der Waals surface area contributed by atoms with E-state index in [1.54, 1.807) is 77.0 Å². The smallest absolute Gasteiger partial charge is 0.0241 e. The van der Waals surface area contributed by atoms with Gasteiger partial charge in [-0.05, 0) is 99.7 Å². The molecule has 0 unspecified atom stereocenters. The predicted octanol–water partition coefficient (Wildman–Crippen LogP) is 4.93. The van der Waals surface area contributed by atoms with Gasteiger partial charge in [-0.3, -0.25) is 0 Å². The van der Waals surface area contributed by atoms with Crippen LogP contribution in [0.5, 0.6) is 0 Å². The highest BCUT2D eigenvalue weighted by atomic mass is 14.6. The Morgan fingerprint density at radius 3 is 0.938 bits per heavy atom. The lowest BCUT2D eigenvalue weighted by atomic mass is 9.42. The molecule has 0 aromatic heterocycles. The second-order valence-corrected chi connectivity index (χ2v) is 7.52. The summed E-state index contributed by atoms with van der Waals surface area (Å²) in [6.07, 6.45) is 19.2. The molecular formula is C16H26. The molecular weight excluding hydrogens is 192 g/mol. The molecule has 6 saturated carbocycles. The molecule has 0 N–H and O–H groups in total. The van der Waals surface area contributed by atoms with Crippen molar-refractivity contribution in [3.8, 4) is 0 Å². The third-order valence-electron chi connectivity index (χ3n) is 7.31. The molecule has 0 amide bonds. The summed E-state index contributed by atoms with van der Waals surface area (Å²) in [6, 6.07) is 0. The first-order chi connectivity index (χ1) is 7.82. The van der Waals surface area contributed by atoms with Crippen LogP contribution in [0.2, 0.25) is 0 Å². The van der Waals surface area contributed by atoms with Gasteiger partial charge < -0.3 is 0 Å². The van der Waals surface area contributed by atoms with Gasteiger partial charge in [-0.25, -0.2) is 0 Å². The van der Waals surface area contributed by atoms with Crippen LogP contribution in [0.3, 0.4) is 0 Å². The molecule has 0 heterocycles. The Balaban J connectivity index is 1.67. The minimum absolute atomic E-state index is 0.840. The van der Waals surface area contributed by atoms with Crippen LogP contribution in [-0.4, -0.2) is 0 Å². The highest BCUT2D eigenvalue weighted by molar-refractivity contribution is 5.07. The van der Waals surface area contributed by atoms with E-state index >= 15 is 0 Å². The summed E-state index contributed by atoms with van der Waals surface area (Å²) in [5, 5.41) is 0. The van der Waals surface area contributed by atoms with Crippen molar-refractivity contribution in [3.63, 3.8) is 0 Å². The molecule has 0 aromatic rings. The van der Waals surface area contributed by atoms with Crippen LogP contribution in [0.25, 0.3) is 0 Å². The zero-order chi connectivity index (χ0) is 10.6. The molecule has 0 aromatic carbocycles. The Hall–Kier alpha value is 0. The lowest BCUT2D eigenvalue weighted by molar-refractivity contribution is -0.118. The molecule has 0 spiro atoms. The number of rotatable bonds is 1. The molecule has 6 fully saturated rings. The van der Waals surface area contributed by atoms with E-state index in [0.717, 1.165) is 22.7 Å². The van der Waals surface area contributed by atoms with Crippen molar-refractivity contribution in [3.05, 3.63) is 0 Å². The first-order valence-corrected chi connectivity index (χ1v) is 7.82. The maximum absolute atomic E-state index is 1.61. The highest BCUT2D eigenvalue weighted by Crippen LogP contribution is 2.67. The van der Waals surface area contributed by atoms with Gasteiger partial charge in [0.1, 0.15) is 0 Å². The molecule has 0 aliphatic heterocycles. The van der Waals surface area contributed by atoms with Crippen LogP contribution in [0.1, 0.15) is 77.0 Å². The van der Waals surface area contributed by atoms with Crippen molar-refractivity contribution < 1.29 is 0 Å². The van der Waals surface area contributed by atoms with E-state index in [2.05, 4.69) is 0 Å². The molecule has 4 bridgehead atoms. The molecule has 0 atom stereocenters. The molecule has 90 valence electrons. The van der Waals surface area contributed by atoms with Gasteiger partial charge in [0.05, 0.1) is 0 Å². The second-order valence-electron chi connectivity index (χ2n) is 7.52. The fourth-order valence-corrected chi connectivity index (χ4v) is 6.09. The van der Waals surface area contributed by atoms with Crippen LogP contribution >= 0.6 is 0 Å². The summed E-state index contributed by atoms with van der Waals surface area (Å²) in [6.45, 7) is 0. The van der Waals surface area contributed by atoms with Crippen molar-refractivity contribution in [1.29, 1.82) is 0 Å². The van der Waals surface area contributed by atoms with Crippen LogP contribution in [-0.2, 0) is 0 Å². The Kier molecular flexibility index (Phi) is 2.04. The third kappa shape index (κ3) is 1.17. The Labute approximate surface area is 100 Å². The monoisotopic (exact) mass is 218 g/mol. The Morgan fingerprint density at radius 1 is 0.438 bits per heavy atom. The van der Waals surface area contributed by atoms with E-state index < -0.39 is 0 Å². The Morgan fingerprint density at radius 2 is 0.688 bits per heavy atom. The van der Waals surface area contributed by atoms with E-state index in [0.29, 0.717) is 0 Å². The molecule has 0 radical (unpaired) electrons. The second kappa shape index (κ2) is 3.27. The van der Waals surface area contributed by atoms with Crippen LogP contribution in [0.4, 0.5) is 0 Å². The van der Waals surface area contributed by atoms with Gasteiger partial charge in [0.2, 0.25) is 0 Å². The molecule has 0 nitrogen and oxygen atoms in total. The number of hydrogen-bond acceptors (Lipinski definition) is 0. The van der Waals surface area contributed by atoms with E-state index in [1.165, 1.54) is 0 Å². The van der Waals surface area contributed by atoms with E-state index in [1.807, 2.05) is 0 Å². The summed E-state index contributed by atoms with van der Waals surface area (Å²) in [4.78, 5) is 0. The summed E-state index contributed by atoms with van der Waals surface area (Å²) in [5.41, 5.74) is 1.68. The Bertz CT molecular complexity index is 217. The molecule has 16 heavy (non-hydrogen) atoms. The summed E-state index contributed by atoms with van der Waals surface area (Å²) in [7, 11) is 0. The standard InChI is InChI=1S/C16H26/c1-7-15(8-2-13(1)3-9-15)16-10-4-14(5-11-16)6-12-16/h13-14H,1-12H2. The first-order valence-electron chi connectivity index (χ1n) is 7.82. The normalized spacial score (nSPS) is 55.5. The minimum Gasteiger partial charge on any atom is -0.0499 e. The van der Waals surface area contributed by atoms with Gasteiger partial charge in [0.25, 0.3) is 0 Å². The van der Waals surface area contributed by atoms with Gasteiger partial charge >= 0.3 is 0 Å². The van der Waals surface area contributed by atoms with E-state index in [-0.39, 0.29) is 0 Å². The fraction of sp³-hybridized carbons (Fsp3) is 1.00. The average molecular weight is 218 g/mol. The zero-order valence-corrected chi connectivity index (χ0v) is 10.6. The van der Waals surface area contributed by atoms with Crippen molar-refractivity contribution in [2.24, 2.45) is 22.7 Å². The number of hydrogen-bond donors (Lipinski definition) is 0. The topological polar surface area (TPSA) is 0 Å². The van der Waals surface area contributed by atoms with Crippen LogP contribution in [0, 0.1) is 22.7 Å². The van der Waals surface area contributed by atoms with Crippen molar-refractivity contribution >= 4 is 0 Å². The zero-order valence-electron chi connectivity index (χ0n) is 10.6. The van der Waals surface area contributed by atoms with E-state index in [4.69, 9.17) is 0 Å². The predicted molar refractivity (Wildman–Crippen MR) is 67.3 cm³/mol. The summed E-state index contributed by atoms with van der Waals surface area (Å²) >= 11 is 0. The lowest BCUT2D eigenvalue weighted by Crippen LogP contribution is -2.51. The van der Waals surface area contributed by atoms with Gasteiger partial charge in [-0.15, -0.1) is 0 Å². The SMILES string of the molecule is C1CC2(C34CCC(CC3)CC4)CCC1CC2. The quantitative estimate of drug-likeness (QED) is 0.585. The maximum Gasteiger partial charge on any atom is -0.0241 e. The van der Waals surface area contributed by atoms with Gasteiger partial charge in [0, 0.05) is 0 Å². The molecule has 0 saturated heterocycles. The van der Waals surface area contributed by atoms with Crippen molar-refractivity contribution in [2.75, 3.05) is 0 Å².